The molecule has 1 heterocycles. The van der Waals surface area contributed by atoms with Crippen LogP contribution >= 0.6 is 11.6 Å². The van der Waals surface area contributed by atoms with E-state index in [9.17, 15) is 13.0 Å². The lowest BCUT2D eigenvalue weighted by molar-refractivity contribution is -0.747. The second kappa shape index (κ2) is 4.56. The van der Waals surface area contributed by atoms with Gasteiger partial charge in [0.05, 0.1) is 10.8 Å². The Balaban J connectivity index is 2.32. The molecule has 17 heavy (non-hydrogen) atoms. The summed E-state index contributed by atoms with van der Waals surface area (Å²) in [4.78, 5) is 0. The van der Waals surface area contributed by atoms with Crippen LogP contribution in [0, 0.1) is 0 Å². The molecule has 1 aromatic heterocycles. The molecule has 0 atom stereocenters. The van der Waals surface area contributed by atoms with Crippen LogP contribution in [0.25, 0.3) is 10.9 Å². The van der Waals surface area contributed by atoms with Gasteiger partial charge in [-0.1, -0.05) is 22.3 Å². The predicted molar refractivity (Wildman–Crippen MR) is 61.5 cm³/mol. The van der Waals surface area contributed by atoms with Crippen molar-refractivity contribution < 1.29 is 17.7 Å². The van der Waals surface area contributed by atoms with Gasteiger partial charge in [-0.15, -0.1) is 0 Å². The minimum absolute atomic E-state index is 0.0360. The van der Waals surface area contributed by atoms with Crippen LogP contribution in [0.5, 0.6) is 0 Å². The lowest BCUT2D eigenvalue weighted by Gasteiger charge is -2.03. The molecule has 0 amide bonds. The van der Waals surface area contributed by atoms with Crippen LogP contribution in [-0.4, -0.2) is 23.8 Å². The van der Waals surface area contributed by atoms with Gasteiger partial charge in [-0.3, -0.25) is 0 Å². The second-order valence-electron chi connectivity index (χ2n) is 3.51. The largest absolute Gasteiger partial charge is 0.748 e. The van der Waals surface area contributed by atoms with E-state index in [2.05, 4.69) is 5.10 Å². The molecule has 0 radical (unpaired) electrons. The second-order valence-corrected chi connectivity index (χ2v) is 5.44. The molecule has 0 N–H and O–H groups in total. The molecule has 0 saturated carbocycles. The standard InChI is InChI=1S/C10H9ClN2O3S/c11-9-2-1-3-10-8(9)4-5-13(12-10)6-7-17(14,15)16/h1-5H,6-7H2. The van der Waals surface area contributed by atoms with E-state index in [0.29, 0.717) is 10.5 Å². The third-order valence-corrected chi connectivity index (χ3v) is 3.26. The van der Waals surface area contributed by atoms with Crippen molar-refractivity contribution in [3.8, 4) is 0 Å². The van der Waals surface area contributed by atoms with Gasteiger partial charge in [-0.2, -0.15) is 0 Å². The van der Waals surface area contributed by atoms with E-state index >= 15 is 0 Å². The Bertz CT molecular complexity index is 658. The monoisotopic (exact) mass is 272 g/mol. The molecule has 0 unspecified atom stereocenters. The Morgan fingerprint density at radius 3 is 2.82 bits per heavy atom. The number of hydrogen-bond acceptors (Lipinski definition) is 4. The average Bonchev–Trinajstić information content (AvgIpc) is 2.26. The Labute approximate surface area is 103 Å². The number of fused-ring (bicyclic) bond motifs is 1. The van der Waals surface area contributed by atoms with Gasteiger partial charge in [0.25, 0.3) is 0 Å². The molecule has 0 bridgehead atoms. The van der Waals surface area contributed by atoms with Crippen molar-refractivity contribution in [1.82, 2.24) is 5.10 Å². The molecule has 0 aliphatic rings. The van der Waals surface area contributed by atoms with Gasteiger partial charge in [-0.25, -0.2) is 8.42 Å². The van der Waals surface area contributed by atoms with Gasteiger partial charge in [0, 0.05) is 16.6 Å². The number of aromatic nitrogens is 2. The minimum Gasteiger partial charge on any atom is -0.748 e. The molecule has 0 aliphatic heterocycles. The fraction of sp³-hybridized carbons (Fsp3) is 0.200. The maximum atomic E-state index is 10.5. The Hall–Kier alpha value is -1.24. The van der Waals surface area contributed by atoms with Gasteiger partial charge in [0.15, 0.2) is 12.7 Å². The highest BCUT2D eigenvalue weighted by Gasteiger charge is 2.08. The molecule has 90 valence electrons. The first-order valence-electron chi connectivity index (χ1n) is 4.84. The molecular formula is C10H9ClN2O3S. The van der Waals surface area contributed by atoms with Crippen LogP contribution in [0.1, 0.15) is 0 Å². The third-order valence-electron chi connectivity index (χ3n) is 2.25. The fourth-order valence-corrected chi connectivity index (χ4v) is 2.08. The molecule has 1 aromatic carbocycles. The highest BCUT2D eigenvalue weighted by Crippen LogP contribution is 2.19. The summed E-state index contributed by atoms with van der Waals surface area (Å²) in [5, 5.41) is 5.54. The summed E-state index contributed by atoms with van der Waals surface area (Å²) in [5.41, 5.74) is 0.656. The first-order valence-corrected chi connectivity index (χ1v) is 6.80. The minimum atomic E-state index is -4.22. The number of benzene rings is 1. The molecule has 0 saturated heterocycles. The van der Waals surface area contributed by atoms with Crippen LogP contribution in [-0.2, 0) is 16.7 Å². The van der Waals surface area contributed by atoms with E-state index in [1.54, 1.807) is 30.5 Å². The first-order chi connectivity index (χ1) is 7.96. The molecule has 2 rings (SSSR count). The molecule has 7 heteroatoms. The number of rotatable bonds is 3. The summed E-state index contributed by atoms with van der Waals surface area (Å²) in [7, 11) is -4.22. The van der Waals surface area contributed by atoms with Crippen LogP contribution in [0.3, 0.4) is 0 Å². The third kappa shape index (κ3) is 3.12. The summed E-state index contributed by atoms with van der Waals surface area (Å²) in [6.45, 7) is 0.0360. The van der Waals surface area contributed by atoms with E-state index in [-0.39, 0.29) is 6.54 Å². The number of halogens is 1. The van der Waals surface area contributed by atoms with Gasteiger partial charge >= 0.3 is 0 Å². The zero-order chi connectivity index (χ0) is 12.5. The molecule has 0 spiro atoms. The van der Waals surface area contributed by atoms with E-state index in [4.69, 9.17) is 11.6 Å². The number of aryl methyl sites for hydroxylation is 1. The maximum Gasteiger partial charge on any atom is 0.197 e. The SMILES string of the molecule is O=S(=O)([O-])CC[n+]1ccc2c(Cl)cccc2n1. The van der Waals surface area contributed by atoms with E-state index in [1.165, 1.54) is 4.68 Å². The normalized spacial score (nSPS) is 11.9. The quantitative estimate of drug-likeness (QED) is 0.610. The van der Waals surface area contributed by atoms with Crippen molar-refractivity contribution in [3.05, 3.63) is 35.5 Å². The predicted octanol–water partition coefficient (Wildman–Crippen LogP) is 0.721. The van der Waals surface area contributed by atoms with E-state index in [1.807, 2.05) is 0 Å². The summed E-state index contributed by atoms with van der Waals surface area (Å²) in [5.74, 6) is -0.475. The van der Waals surface area contributed by atoms with Gasteiger partial charge in [0.2, 0.25) is 0 Å². The van der Waals surface area contributed by atoms with Crippen molar-refractivity contribution in [3.63, 3.8) is 0 Å². The van der Waals surface area contributed by atoms with E-state index < -0.39 is 15.9 Å². The molecule has 0 aliphatic carbocycles. The fourth-order valence-electron chi connectivity index (χ4n) is 1.44. The Kier molecular flexibility index (Phi) is 3.28. The van der Waals surface area contributed by atoms with Crippen molar-refractivity contribution in [2.45, 2.75) is 6.54 Å². The molecular weight excluding hydrogens is 264 g/mol. The zero-order valence-electron chi connectivity index (χ0n) is 8.71. The van der Waals surface area contributed by atoms with Gasteiger partial charge < -0.3 is 4.55 Å². The highest BCUT2D eigenvalue weighted by molar-refractivity contribution is 7.85. The lowest BCUT2D eigenvalue weighted by Crippen LogP contribution is -2.40. The van der Waals surface area contributed by atoms with Gasteiger partial charge in [0.1, 0.15) is 15.6 Å². The van der Waals surface area contributed by atoms with Crippen LogP contribution in [0.2, 0.25) is 5.02 Å². The van der Waals surface area contributed by atoms with Crippen molar-refractivity contribution >= 4 is 32.6 Å². The summed E-state index contributed by atoms with van der Waals surface area (Å²) in [6.07, 6.45) is 1.60. The molecule has 0 fully saturated rings. The topological polar surface area (TPSA) is 74.0 Å². The van der Waals surface area contributed by atoms with Crippen LogP contribution in [0.15, 0.2) is 30.5 Å². The number of hydrogen-bond donors (Lipinski definition) is 0. The lowest BCUT2D eigenvalue weighted by atomic mass is 10.2. The Morgan fingerprint density at radius 2 is 2.12 bits per heavy atom. The summed E-state index contributed by atoms with van der Waals surface area (Å²) >= 11 is 5.96. The van der Waals surface area contributed by atoms with Crippen LogP contribution in [0.4, 0.5) is 0 Å². The maximum absolute atomic E-state index is 10.5. The zero-order valence-corrected chi connectivity index (χ0v) is 10.3. The van der Waals surface area contributed by atoms with Crippen molar-refractivity contribution in [2.75, 3.05) is 5.75 Å². The summed E-state index contributed by atoms with van der Waals surface area (Å²) in [6, 6.07) is 7.01. The van der Waals surface area contributed by atoms with Crippen molar-refractivity contribution in [2.24, 2.45) is 0 Å². The highest BCUT2D eigenvalue weighted by atomic mass is 35.5. The van der Waals surface area contributed by atoms with Crippen LogP contribution < -0.4 is 4.68 Å². The molecule has 2 aromatic rings. The molecule has 5 nitrogen and oxygen atoms in total. The smallest absolute Gasteiger partial charge is 0.197 e. The van der Waals surface area contributed by atoms with Crippen molar-refractivity contribution in [1.29, 1.82) is 0 Å². The summed E-state index contributed by atoms with van der Waals surface area (Å²) < 4.78 is 32.9. The van der Waals surface area contributed by atoms with E-state index in [0.717, 1.165) is 5.39 Å². The first kappa shape index (κ1) is 12.2. The van der Waals surface area contributed by atoms with Gasteiger partial charge in [-0.05, 0) is 12.1 Å². The average molecular weight is 273 g/mol. The Morgan fingerprint density at radius 1 is 1.35 bits per heavy atom. The number of nitrogens with zero attached hydrogens (tertiary/aromatic N) is 2.